The van der Waals surface area contributed by atoms with Gasteiger partial charge in [0.2, 0.25) is 0 Å². The van der Waals surface area contributed by atoms with E-state index in [-0.39, 0.29) is 0 Å². The molecule has 27 heavy (non-hydrogen) atoms. The van der Waals surface area contributed by atoms with Crippen LogP contribution in [-0.2, 0) is 6.54 Å². The van der Waals surface area contributed by atoms with Gasteiger partial charge in [-0.3, -0.25) is 4.90 Å². The first-order valence-corrected chi connectivity index (χ1v) is 9.30. The number of aryl methyl sites for hydroxylation is 1. The van der Waals surface area contributed by atoms with Gasteiger partial charge in [-0.1, -0.05) is 6.07 Å². The number of imidazole rings is 1. The van der Waals surface area contributed by atoms with Gasteiger partial charge in [0.25, 0.3) is 0 Å². The third-order valence-electron chi connectivity index (χ3n) is 5.09. The normalized spacial score (nSPS) is 15.1. The van der Waals surface area contributed by atoms with Gasteiger partial charge in [-0.25, -0.2) is 9.97 Å². The minimum Gasteiger partial charge on any atom is -0.497 e. The predicted octanol–water partition coefficient (Wildman–Crippen LogP) is 2.91. The summed E-state index contributed by atoms with van der Waals surface area (Å²) < 4.78 is 7.40. The molecule has 0 aliphatic carbocycles. The molecule has 0 amide bonds. The number of benzene rings is 1. The Labute approximate surface area is 160 Å². The molecule has 0 radical (unpaired) electrons. The Morgan fingerprint density at radius 1 is 0.963 bits per heavy atom. The summed E-state index contributed by atoms with van der Waals surface area (Å²) in [6.07, 6.45) is 5.76. The molecule has 6 nitrogen and oxygen atoms in total. The maximum absolute atomic E-state index is 5.25. The lowest BCUT2D eigenvalue weighted by Crippen LogP contribution is -2.46. The monoisotopic (exact) mass is 363 g/mol. The summed E-state index contributed by atoms with van der Waals surface area (Å²) in [7, 11) is 1.68. The van der Waals surface area contributed by atoms with Crippen molar-refractivity contribution in [1.29, 1.82) is 0 Å². The Balaban J connectivity index is 1.41. The van der Waals surface area contributed by atoms with Gasteiger partial charge in [0.15, 0.2) is 0 Å². The van der Waals surface area contributed by atoms with Crippen molar-refractivity contribution in [2.45, 2.75) is 13.5 Å². The molecule has 140 valence electrons. The highest BCUT2D eigenvalue weighted by molar-refractivity contribution is 5.46. The summed E-state index contributed by atoms with van der Waals surface area (Å²) in [4.78, 5) is 14.0. The number of hydrogen-bond acceptors (Lipinski definition) is 5. The molecule has 1 fully saturated rings. The molecule has 1 aliphatic heterocycles. The zero-order valence-corrected chi connectivity index (χ0v) is 15.9. The standard InChI is InChI=1S/C21H25N5O/c1-17-4-3-9-23-21(17)25-14-12-24(13-15-25)16-20-22-10-11-26(20)18-5-7-19(27-2)8-6-18/h3-11H,12-16H2,1-2H3. The SMILES string of the molecule is COc1ccc(-n2ccnc2CN2CCN(c3ncccc3C)CC2)cc1. The minimum absolute atomic E-state index is 0.841. The van der Waals surface area contributed by atoms with Crippen molar-refractivity contribution in [3.8, 4) is 11.4 Å². The maximum Gasteiger partial charge on any atom is 0.131 e. The van der Waals surface area contributed by atoms with Gasteiger partial charge in [0.1, 0.15) is 17.4 Å². The van der Waals surface area contributed by atoms with E-state index in [0.717, 1.165) is 55.8 Å². The Hall–Kier alpha value is -2.86. The molecule has 0 saturated carbocycles. The third-order valence-corrected chi connectivity index (χ3v) is 5.09. The summed E-state index contributed by atoms with van der Waals surface area (Å²) >= 11 is 0. The van der Waals surface area contributed by atoms with Gasteiger partial charge < -0.3 is 14.2 Å². The van der Waals surface area contributed by atoms with Crippen LogP contribution in [0.5, 0.6) is 5.75 Å². The second kappa shape index (κ2) is 7.80. The average Bonchev–Trinajstić information content (AvgIpc) is 3.17. The quantitative estimate of drug-likeness (QED) is 0.698. The molecule has 0 spiro atoms. The molecule has 0 bridgehead atoms. The van der Waals surface area contributed by atoms with Crippen LogP contribution in [0.1, 0.15) is 11.4 Å². The van der Waals surface area contributed by atoms with Crippen molar-refractivity contribution < 1.29 is 4.74 Å². The van der Waals surface area contributed by atoms with Gasteiger partial charge in [-0.2, -0.15) is 0 Å². The summed E-state index contributed by atoms with van der Waals surface area (Å²) in [6, 6.07) is 12.2. The highest BCUT2D eigenvalue weighted by atomic mass is 16.5. The maximum atomic E-state index is 5.25. The number of nitrogens with zero attached hydrogens (tertiary/aromatic N) is 5. The molecular formula is C21H25N5O. The van der Waals surface area contributed by atoms with Crippen molar-refractivity contribution in [1.82, 2.24) is 19.4 Å². The van der Waals surface area contributed by atoms with E-state index in [4.69, 9.17) is 4.74 Å². The van der Waals surface area contributed by atoms with Crippen molar-refractivity contribution in [2.75, 3.05) is 38.2 Å². The van der Waals surface area contributed by atoms with Crippen LogP contribution >= 0.6 is 0 Å². The molecule has 0 unspecified atom stereocenters. The Kier molecular flexibility index (Phi) is 5.07. The van der Waals surface area contributed by atoms with Crippen LogP contribution in [0.25, 0.3) is 5.69 Å². The van der Waals surface area contributed by atoms with E-state index < -0.39 is 0 Å². The molecule has 3 aromatic rings. The van der Waals surface area contributed by atoms with E-state index in [2.05, 4.69) is 49.5 Å². The van der Waals surface area contributed by atoms with Crippen LogP contribution in [0.3, 0.4) is 0 Å². The summed E-state index contributed by atoms with van der Waals surface area (Å²) in [5.41, 5.74) is 2.34. The van der Waals surface area contributed by atoms with Crippen LogP contribution in [-0.4, -0.2) is 52.7 Å². The van der Waals surface area contributed by atoms with E-state index in [1.807, 2.05) is 36.8 Å². The second-order valence-electron chi connectivity index (χ2n) is 6.82. The summed E-state index contributed by atoms with van der Waals surface area (Å²) in [6.45, 7) is 6.95. The highest BCUT2D eigenvalue weighted by Crippen LogP contribution is 2.20. The molecule has 3 heterocycles. The van der Waals surface area contributed by atoms with E-state index in [1.165, 1.54) is 5.56 Å². The molecule has 1 aromatic carbocycles. The lowest BCUT2D eigenvalue weighted by Gasteiger charge is -2.35. The lowest BCUT2D eigenvalue weighted by molar-refractivity contribution is 0.242. The summed E-state index contributed by atoms with van der Waals surface area (Å²) in [5.74, 6) is 3.03. The van der Waals surface area contributed by atoms with Gasteiger partial charge in [-0.15, -0.1) is 0 Å². The second-order valence-corrected chi connectivity index (χ2v) is 6.82. The highest BCUT2D eigenvalue weighted by Gasteiger charge is 2.20. The number of hydrogen-bond donors (Lipinski definition) is 0. The van der Waals surface area contributed by atoms with E-state index in [1.54, 1.807) is 7.11 Å². The fourth-order valence-corrected chi connectivity index (χ4v) is 3.56. The number of ether oxygens (including phenoxy) is 1. The third kappa shape index (κ3) is 3.80. The number of anilines is 1. The van der Waals surface area contributed by atoms with E-state index in [0.29, 0.717) is 0 Å². The van der Waals surface area contributed by atoms with E-state index >= 15 is 0 Å². The van der Waals surface area contributed by atoms with E-state index in [9.17, 15) is 0 Å². The fraction of sp³-hybridized carbons (Fsp3) is 0.333. The van der Waals surface area contributed by atoms with Gasteiger partial charge >= 0.3 is 0 Å². The van der Waals surface area contributed by atoms with Crippen molar-refractivity contribution >= 4 is 5.82 Å². The number of rotatable bonds is 5. The van der Waals surface area contributed by atoms with Gasteiger partial charge in [0, 0.05) is 50.5 Å². The largest absolute Gasteiger partial charge is 0.497 e. The number of piperazine rings is 1. The number of methoxy groups -OCH3 is 1. The first-order chi connectivity index (χ1) is 13.2. The zero-order valence-electron chi connectivity index (χ0n) is 15.9. The van der Waals surface area contributed by atoms with Gasteiger partial charge in [0.05, 0.1) is 13.7 Å². The number of pyridine rings is 1. The van der Waals surface area contributed by atoms with Crippen molar-refractivity contribution in [3.63, 3.8) is 0 Å². The predicted molar refractivity (Wildman–Crippen MR) is 107 cm³/mol. The Morgan fingerprint density at radius 3 is 2.44 bits per heavy atom. The molecule has 6 heteroatoms. The number of aromatic nitrogens is 3. The van der Waals surface area contributed by atoms with Crippen LogP contribution < -0.4 is 9.64 Å². The first-order valence-electron chi connectivity index (χ1n) is 9.30. The van der Waals surface area contributed by atoms with Crippen molar-refractivity contribution in [2.24, 2.45) is 0 Å². The molecule has 1 aliphatic rings. The van der Waals surface area contributed by atoms with Crippen LogP contribution in [0.4, 0.5) is 5.82 Å². The van der Waals surface area contributed by atoms with Gasteiger partial charge in [-0.05, 0) is 42.8 Å². The smallest absolute Gasteiger partial charge is 0.131 e. The molecule has 1 saturated heterocycles. The molecule has 4 rings (SSSR count). The molecule has 0 N–H and O–H groups in total. The van der Waals surface area contributed by atoms with Crippen molar-refractivity contribution in [3.05, 3.63) is 66.4 Å². The molecule has 0 atom stereocenters. The topological polar surface area (TPSA) is 46.4 Å². The Morgan fingerprint density at radius 2 is 1.74 bits per heavy atom. The fourth-order valence-electron chi connectivity index (χ4n) is 3.56. The lowest BCUT2D eigenvalue weighted by atomic mass is 10.2. The average molecular weight is 363 g/mol. The zero-order chi connectivity index (χ0) is 18.6. The Bertz CT molecular complexity index is 882. The summed E-state index contributed by atoms with van der Waals surface area (Å²) in [5, 5.41) is 0. The minimum atomic E-state index is 0.841. The van der Waals surface area contributed by atoms with Crippen LogP contribution in [0.2, 0.25) is 0 Å². The van der Waals surface area contributed by atoms with Crippen LogP contribution in [0.15, 0.2) is 55.0 Å². The van der Waals surface area contributed by atoms with Crippen LogP contribution in [0, 0.1) is 6.92 Å². The first kappa shape index (κ1) is 17.5. The molecule has 2 aromatic heterocycles. The molecular weight excluding hydrogens is 338 g/mol.